The van der Waals surface area contributed by atoms with E-state index in [1.165, 1.54) is 0 Å². The molecule has 0 aliphatic carbocycles. The molecule has 2 aliphatic rings. The van der Waals surface area contributed by atoms with Gasteiger partial charge >= 0.3 is 0 Å². The molecule has 0 spiro atoms. The summed E-state index contributed by atoms with van der Waals surface area (Å²) >= 11 is 0. The second-order valence-electron chi connectivity index (χ2n) is 8.50. The van der Waals surface area contributed by atoms with Crippen molar-refractivity contribution in [3.05, 3.63) is 47.8 Å². The van der Waals surface area contributed by atoms with E-state index in [0.717, 1.165) is 11.3 Å². The first-order chi connectivity index (χ1) is 16.5. The summed E-state index contributed by atoms with van der Waals surface area (Å²) in [5, 5.41) is 12.5. The van der Waals surface area contributed by atoms with E-state index in [1.807, 2.05) is 48.2 Å². The molecule has 1 saturated heterocycles. The number of hydrogen-bond acceptors (Lipinski definition) is 8. The fraction of sp³-hybridized carbons (Fsp3) is 0.417. The average Bonchev–Trinajstić information content (AvgIpc) is 3.48. The third kappa shape index (κ3) is 3.78. The summed E-state index contributed by atoms with van der Waals surface area (Å²) in [6.07, 6.45) is 1.73. The van der Waals surface area contributed by atoms with Gasteiger partial charge in [-0.05, 0) is 60.0 Å². The molecular weight excluding hydrogens is 438 g/mol. The van der Waals surface area contributed by atoms with E-state index >= 15 is 0 Å². The highest BCUT2D eigenvalue weighted by Crippen LogP contribution is 2.40. The molecule has 10 nitrogen and oxygen atoms in total. The summed E-state index contributed by atoms with van der Waals surface area (Å²) in [6, 6.07) is 11.4. The fourth-order valence-electron chi connectivity index (χ4n) is 4.64. The molecule has 10 heteroatoms. The first-order valence-corrected chi connectivity index (χ1v) is 11.2. The molecule has 3 heterocycles. The van der Waals surface area contributed by atoms with Gasteiger partial charge in [-0.2, -0.15) is 4.68 Å². The molecule has 0 radical (unpaired) electrons. The lowest BCUT2D eigenvalue weighted by atomic mass is 9.97. The zero-order chi connectivity index (χ0) is 23.7. The lowest BCUT2D eigenvalue weighted by Gasteiger charge is -2.34. The number of methoxy groups -OCH3 is 2. The first kappa shape index (κ1) is 22.0. The number of likely N-dealkylation sites (tertiary alicyclic amines) is 1. The van der Waals surface area contributed by atoms with Crippen molar-refractivity contribution in [2.45, 2.75) is 31.7 Å². The number of aromatic nitrogens is 4. The minimum atomic E-state index is -0.648. The van der Waals surface area contributed by atoms with E-state index < -0.39 is 5.54 Å². The Balaban J connectivity index is 1.42. The molecule has 34 heavy (non-hydrogen) atoms. The van der Waals surface area contributed by atoms with Crippen LogP contribution in [0.4, 0.5) is 0 Å². The SMILES string of the molecule is COc1ccc(CCN2C(=O)CCC2(C)c2nnnn2-c2ccc3c(c2)OCCO3)cc1OC. The van der Waals surface area contributed by atoms with Crippen molar-refractivity contribution in [2.24, 2.45) is 0 Å². The third-order valence-corrected chi connectivity index (χ3v) is 6.52. The van der Waals surface area contributed by atoms with E-state index in [2.05, 4.69) is 15.5 Å². The quantitative estimate of drug-likeness (QED) is 0.525. The molecule has 1 amide bonds. The van der Waals surface area contributed by atoms with Crippen LogP contribution in [0.1, 0.15) is 31.2 Å². The van der Waals surface area contributed by atoms with Crippen molar-refractivity contribution in [3.63, 3.8) is 0 Å². The monoisotopic (exact) mass is 465 g/mol. The zero-order valence-corrected chi connectivity index (χ0v) is 19.5. The first-order valence-electron chi connectivity index (χ1n) is 11.2. The Hall–Kier alpha value is -3.82. The number of ether oxygens (including phenoxy) is 4. The number of carbonyl (C=O) groups excluding carboxylic acids is 1. The summed E-state index contributed by atoms with van der Waals surface area (Å²) in [4.78, 5) is 14.8. The van der Waals surface area contributed by atoms with Gasteiger partial charge < -0.3 is 23.8 Å². The van der Waals surface area contributed by atoms with Gasteiger partial charge in [0.05, 0.1) is 19.9 Å². The van der Waals surface area contributed by atoms with Crippen molar-refractivity contribution >= 4 is 5.91 Å². The Morgan fingerprint density at radius 1 is 1.03 bits per heavy atom. The van der Waals surface area contributed by atoms with Gasteiger partial charge in [0.25, 0.3) is 0 Å². The highest BCUT2D eigenvalue weighted by molar-refractivity contribution is 5.79. The van der Waals surface area contributed by atoms with Crippen LogP contribution in [0, 0.1) is 0 Å². The molecule has 1 atom stereocenters. The number of carbonyl (C=O) groups is 1. The Kier molecular flexibility index (Phi) is 5.72. The number of hydrogen-bond donors (Lipinski definition) is 0. The van der Waals surface area contributed by atoms with Crippen molar-refractivity contribution in [1.82, 2.24) is 25.1 Å². The van der Waals surface area contributed by atoms with Gasteiger partial charge in [-0.25, -0.2) is 0 Å². The van der Waals surface area contributed by atoms with Crippen molar-refractivity contribution in [3.8, 4) is 28.7 Å². The fourth-order valence-corrected chi connectivity index (χ4v) is 4.64. The largest absolute Gasteiger partial charge is 0.493 e. The molecule has 1 aromatic heterocycles. The molecule has 178 valence electrons. The van der Waals surface area contributed by atoms with Crippen LogP contribution in [0.15, 0.2) is 36.4 Å². The van der Waals surface area contributed by atoms with Crippen molar-refractivity contribution in [1.29, 1.82) is 0 Å². The number of benzene rings is 2. The van der Waals surface area contributed by atoms with E-state index in [9.17, 15) is 4.79 Å². The summed E-state index contributed by atoms with van der Waals surface area (Å²) in [5.41, 5.74) is 1.15. The summed E-state index contributed by atoms with van der Waals surface area (Å²) in [7, 11) is 3.22. The van der Waals surface area contributed by atoms with Crippen LogP contribution in [-0.2, 0) is 16.8 Å². The molecular formula is C24H27N5O5. The second-order valence-corrected chi connectivity index (χ2v) is 8.50. The smallest absolute Gasteiger partial charge is 0.223 e. The summed E-state index contributed by atoms with van der Waals surface area (Å²) in [5.74, 6) is 3.39. The van der Waals surface area contributed by atoms with Gasteiger partial charge in [0, 0.05) is 19.0 Å². The summed E-state index contributed by atoms with van der Waals surface area (Å²) in [6.45, 7) is 3.57. The van der Waals surface area contributed by atoms with Crippen molar-refractivity contribution in [2.75, 3.05) is 34.0 Å². The van der Waals surface area contributed by atoms with Crippen LogP contribution in [0.5, 0.6) is 23.0 Å². The molecule has 1 unspecified atom stereocenters. The third-order valence-electron chi connectivity index (χ3n) is 6.52. The predicted octanol–water partition coefficient (Wildman–Crippen LogP) is 2.53. The van der Waals surface area contributed by atoms with Crippen molar-refractivity contribution < 1.29 is 23.7 Å². The second kappa shape index (κ2) is 8.85. The number of nitrogens with zero attached hydrogens (tertiary/aromatic N) is 5. The molecule has 3 aromatic rings. The minimum absolute atomic E-state index is 0.0831. The standard InChI is InChI=1S/C24H27N5O5/c1-24(23-25-26-27-29(23)17-5-7-19-21(15-17)34-13-12-33-19)10-8-22(30)28(24)11-9-16-4-6-18(31-2)20(14-16)32-3/h4-7,14-15H,8-13H2,1-3H3. The van der Waals surface area contributed by atoms with Crippen LogP contribution in [0.25, 0.3) is 5.69 Å². The highest BCUT2D eigenvalue weighted by atomic mass is 16.6. The van der Waals surface area contributed by atoms with Crippen LogP contribution in [0.2, 0.25) is 0 Å². The maximum atomic E-state index is 12.9. The Morgan fingerprint density at radius 2 is 1.82 bits per heavy atom. The number of fused-ring (bicyclic) bond motifs is 1. The van der Waals surface area contributed by atoms with Gasteiger partial charge in [0.2, 0.25) is 5.91 Å². The highest BCUT2D eigenvalue weighted by Gasteiger charge is 2.46. The number of tetrazole rings is 1. The molecule has 0 N–H and O–H groups in total. The van der Waals surface area contributed by atoms with Gasteiger partial charge in [-0.1, -0.05) is 6.07 Å². The van der Waals surface area contributed by atoms with Crippen LogP contribution in [0.3, 0.4) is 0 Å². The maximum absolute atomic E-state index is 12.9. The van der Waals surface area contributed by atoms with Crippen LogP contribution >= 0.6 is 0 Å². The molecule has 0 bridgehead atoms. The molecule has 1 fully saturated rings. The summed E-state index contributed by atoms with van der Waals surface area (Å²) < 4.78 is 23.8. The number of rotatable bonds is 7. The lowest BCUT2D eigenvalue weighted by molar-refractivity contribution is -0.131. The topological polar surface area (TPSA) is 101 Å². The molecule has 5 rings (SSSR count). The number of amides is 1. The predicted molar refractivity (Wildman–Crippen MR) is 122 cm³/mol. The Labute approximate surface area is 197 Å². The van der Waals surface area contributed by atoms with Crippen LogP contribution < -0.4 is 18.9 Å². The van der Waals surface area contributed by atoms with Gasteiger partial charge in [0.1, 0.15) is 18.8 Å². The van der Waals surface area contributed by atoms with E-state index in [1.54, 1.807) is 18.9 Å². The zero-order valence-electron chi connectivity index (χ0n) is 19.5. The van der Waals surface area contributed by atoms with Gasteiger partial charge in [-0.3, -0.25) is 4.79 Å². The molecule has 2 aliphatic heterocycles. The van der Waals surface area contributed by atoms with E-state index in [-0.39, 0.29) is 5.91 Å². The maximum Gasteiger partial charge on any atom is 0.223 e. The van der Waals surface area contributed by atoms with Crippen LogP contribution in [-0.4, -0.2) is 65.0 Å². The minimum Gasteiger partial charge on any atom is -0.493 e. The normalized spacial score (nSPS) is 19.4. The molecule has 2 aromatic carbocycles. The van der Waals surface area contributed by atoms with Gasteiger partial charge in [-0.15, -0.1) is 5.10 Å². The Bertz CT molecular complexity index is 1210. The Morgan fingerprint density at radius 3 is 2.62 bits per heavy atom. The van der Waals surface area contributed by atoms with E-state index in [4.69, 9.17) is 18.9 Å². The van der Waals surface area contributed by atoms with Gasteiger partial charge in [0.15, 0.2) is 28.8 Å². The average molecular weight is 466 g/mol. The lowest BCUT2D eigenvalue weighted by Crippen LogP contribution is -2.44. The molecule has 0 saturated carbocycles. The van der Waals surface area contributed by atoms with E-state index in [0.29, 0.717) is 67.8 Å².